The molecule has 0 aliphatic rings. The molecule has 0 spiro atoms. The fourth-order valence-electron chi connectivity index (χ4n) is 1.10. The van der Waals surface area contributed by atoms with Gasteiger partial charge in [-0.05, 0) is 19.1 Å². The standard InChI is InChI=1S/C9H9N3O/c1-6(13)7-2-3-8-9(12-7)11-5-4-10-8/h2-6,13H,1H3. The van der Waals surface area contributed by atoms with E-state index in [4.69, 9.17) is 0 Å². The number of aromatic nitrogens is 3. The molecule has 0 fully saturated rings. The molecule has 2 heterocycles. The van der Waals surface area contributed by atoms with E-state index in [1.54, 1.807) is 31.5 Å². The fourth-order valence-corrected chi connectivity index (χ4v) is 1.10. The lowest BCUT2D eigenvalue weighted by Crippen LogP contribution is -1.96. The highest BCUT2D eigenvalue weighted by Gasteiger charge is 2.03. The highest BCUT2D eigenvalue weighted by atomic mass is 16.3. The first-order valence-corrected chi connectivity index (χ1v) is 4.03. The summed E-state index contributed by atoms with van der Waals surface area (Å²) in [6.45, 7) is 1.67. The molecule has 0 saturated carbocycles. The summed E-state index contributed by atoms with van der Waals surface area (Å²) < 4.78 is 0. The zero-order valence-corrected chi connectivity index (χ0v) is 7.18. The number of rotatable bonds is 1. The van der Waals surface area contributed by atoms with Crippen LogP contribution in [0.4, 0.5) is 0 Å². The normalized spacial score (nSPS) is 13.1. The summed E-state index contributed by atoms with van der Waals surface area (Å²) in [6.07, 6.45) is 2.64. The van der Waals surface area contributed by atoms with Crippen LogP contribution in [0.2, 0.25) is 0 Å². The van der Waals surface area contributed by atoms with Gasteiger partial charge in [0.1, 0.15) is 5.52 Å². The minimum atomic E-state index is -0.564. The van der Waals surface area contributed by atoms with Gasteiger partial charge in [-0.2, -0.15) is 0 Å². The third-order valence-electron chi connectivity index (χ3n) is 1.78. The van der Waals surface area contributed by atoms with E-state index in [9.17, 15) is 5.11 Å². The number of hydrogen-bond donors (Lipinski definition) is 1. The van der Waals surface area contributed by atoms with Gasteiger partial charge >= 0.3 is 0 Å². The van der Waals surface area contributed by atoms with E-state index in [1.807, 2.05) is 0 Å². The van der Waals surface area contributed by atoms with E-state index >= 15 is 0 Å². The quantitative estimate of drug-likeness (QED) is 0.704. The molecular formula is C9H9N3O. The van der Waals surface area contributed by atoms with Crippen molar-refractivity contribution in [1.82, 2.24) is 15.0 Å². The molecule has 2 aromatic heterocycles. The monoisotopic (exact) mass is 175 g/mol. The van der Waals surface area contributed by atoms with Crippen LogP contribution in [0.15, 0.2) is 24.5 Å². The molecule has 0 bridgehead atoms. The highest BCUT2D eigenvalue weighted by Crippen LogP contribution is 2.12. The fraction of sp³-hybridized carbons (Fsp3) is 0.222. The van der Waals surface area contributed by atoms with Gasteiger partial charge in [-0.3, -0.25) is 4.98 Å². The van der Waals surface area contributed by atoms with Gasteiger partial charge in [0.2, 0.25) is 0 Å². The first kappa shape index (κ1) is 8.07. The molecule has 4 nitrogen and oxygen atoms in total. The van der Waals surface area contributed by atoms with E-state index in [2.05, 4.69) is 15.0 Å². The van der Waals surface area contributed by atoms with Gasteiger partial charge in [0.25, 0.3) is 0 Å². The van der Waals surface area contributed by atoms with Gasteiger partial charge in [-0.25, -0.2) is 9.97 Å². The van der Waals surface area contributed by atoms with Crippen molar-refractivity contribution < 1.29 is 5.11 Å². The Bertz CT molecular complexity index is 428. The molecule has 1 atom stereocenters. The summed E-state index contributed by atoms with van der Waals surface area (Å²) in [7, 11) is 0. The molecule has 4 heteroatoms. The second-order valence-electron chi connectivity index (χ2n) is 2.81. The number of nitrogens with zero attached hydrogens (tertiary/aromatic N) is 3. The predicted molar refractivity (Wildman–Crippen MR) is 48.0 cm³/mol. The van der Waals surface area contributed by atoms with E-state index in [0.29, 0.717) is 11.3 Å². The molecule has 0 radical (unpaired) electrons. The molecule has 13 heavy (non-hydrogen) atoms. The maximum Gasteiger partial charge on any atom is 0.178 e. The Morgan fingerprint density at radius 1 is 1.23 bits per heavy atom. The SMILES string of the molecule is CC(O)c1ccc2nccnc2n1. The van der Waals surface area contributed by atoms with Crippen LogP contribution in [0.1, 0.15) is 18.7 Å². The first-order chi connectivity index (χ1) is 6.27. The lowest BCUT2D eigenvalue weighted by molar-refractivity contribution is 0.194. The van der Waals surface area contributed by atoms with Gasteiger partial charge in [0.15, 0.2) is 5.65 Å². The average molecular weight is 175 g/mol. The molecule has 66 valence electrons. The summed E-state index contributed by atoms with van der Waals surface area (Å²) in [6, 6.07) is 3.55. The Hall–Kier alpha value is -1.55. The second-order valence-corrected chi connectivity index (χ2v) is 2.81. The minimum absolute atomic E-state index is 0.564. The maximum absolute atomic E-state index is 9.27. The molecule has 2 rings (SSSR count). The molecule has 0 aliphatic carbocycles. The Labute approximate surface area is 75.3 Å². The second kappa shape index (κ2) is 3.06. The van der Waals surface area contributed by atoms with Crippen LogP contribution in [0, 0.1) is 0 Å². The van der Waals surface area contributed by atoms with Gasteiger partial charge in [0, 0.05) is 12.4 Å². The van der Waals surface area contributed by atoms with Crippen molar-refractivity contribution in [2.24, 2.45) is 0 Å². The molecule has 0 amide bonds. The van der Waals surface area contributed by atoms with Crippen molar-refractivity contribution >= 4 is 11.2 Å². The van der Waals surface area contributed by atoms with Crippen molar-refractivity contribution in [3.63, 3.8) is 0 Å². The van der Waals surface area contributed by atoms with Crippen LogP contribution >= 0.6 is 0 Å². The van der Waals surface area contributed by atoms with Gasteiger partial charge < -0.3 is 5.11 Å². The van der Waals surface area contributed by atoms with E-state index in [-0.39, 0.29) is 0 Å². The van der Waals surface area contributed by atoms with E-state index < -0.39 is 6.10 Å². The third-order valence-corrected chi connectivity index (χ3v) is 1.78. The van der Waals surface area contributed by atoms with Crippen molar-refractivity contribution in [3.05, 3.63) is 30.2 Å². The zero-order valence-electron chi connectivity index (χ0n) is 7.18. The molecule has 0 aliphatic heterocycles. The summed E-state index contributed by atoms with van der Waals surface area (Å²) in [5, 5.41) is 9.27. The third kappa shape index (κ3) is 1.48. The van der Waals surface area contributed by atoms with Crippen LogP contribution in [-0.4, -0.2) is 20.1 Å². The van der Waals surface area contributed by atoms with Crippen LogP contribution in [0.5, 0.6) is 0 Å². The molecular weight excluding hydrogens is 166 g/mol. The first-order valence-electron chi connectivity index (χ1n) is 4.03. The van der Waals surface area contributed by atoms with Crippen LogP contribution in [0.3, 0.4) is 0 Å². The minimum Gasteiger partial charge on any atom is -0.387 e. The van der Waals surface area contributed by atoms with E-state index in [1.165, 1.54) is 0 Å². The smallest absolute Gasteiger partial charge is 0.178 e. The Morgan fingerprint density at radius 3 is 2.77 bits per heavy atom. The van der Waals surface area contributed by atoms with Gasteiger partial charge in [0.05, 0.1) is 11.8 Å². The summed E-state index contributed by atoms with van der Waals surface area (Å²) in [5.41, 5.74) is 1.93. The van der Waals surface area contributed by atoms with Crippen molar-refractivity contribution in [1.29, 1.82) is 0 Å². The largest absolute Gasteiger partial charge is 0.387 e. The molecule has 2 aromatic rings. The topological polar surface area (TPSA) is 58.9 Å². The van der Waals surface area contributed by atoms with Gasteiger partial charge in [-0.15, -0.1) is 0 Å². The summed E-state index contributed by atoms with van der Waals surface area (Å²) >= 11 is 0. The van der Waals surface area contributed by atoms with Gasteiger partial charge in [-0.1, -0.05) is 0 Å². The summed E-state index contributed by atoms with van der Waals surface area (Å²) in [5.74, 6) is 0. The highest BCUT2D eigenvalue weighted by molar-refractivity contribution is 5.68. The molecule has 0 aromatic carbocycles. The number of aliphatic hydroxyl groups excluding tert-OH is 1. The van der Waals surface area contributed by atoms with Crippen LogP contribution < -0.4 is 0 Å². The average Bonchev–Trinajstić information content (AvgIpc) is 2.17. The van der Waals surface area contributed by atoms with E-state index in [0.717, 1.165) is 5.52 Å². The Morgan fingerprint density at radius 2 is 2.00 bits per heavy atom. The predicted octanol–water partition coefficient (Wildman–Crippen LogP) is 1.08. The van der Waals surface area contributed by atoms with Crippen molar-refractivity contribution in [2.45, 2.75) is 13.0 Å². The number of fused-ring (bicyclic) bond motifs is 1. The lowest BCUT2D eigenvalue weighted by Gasteiger charge is -2.03. The van der Waals surface area contributed by atoms with Crippen LogP contribution in [-0.2, 0) is 0 Å². The van der Waals surface area contributed by atoms with Crippen LogP contribution in [0.25, 0.3) is 11.2 Å². The zero-order chi connectivity index (χ0) is 9.26. The van der Waals surface area contributed by atoms with Crippen molar-refractivity contribution in [3.8, 4) is 0 Å². The molecule has 0 saturated heterocycles. The Kier molecular flexibility index (Phi) is 1.90. The molecule has 1 N–H and O–H groups in total. The maximum atomic E-state index is 9.27. The number of hydrogen-bond acceptors (Lipinski definition) is 4. The molecule has 1 unspecified atom stereocenters. The number of aliphatic hydroxyl groups is 1. The summed E-state index contributed by atoms with van der Waals surface area (Å²) in [4.78, 5) is 12.3. The Balaban J connectivity index is 2.62. The number of pyridine rings is 1. The lowest BCUT2D eigenvalue weighted by atomic mass is 10.2. The van der Waals surface area contributed by atoms with Crippen molar-refractivity contribution in [2.75, 3.05) is 0 Å².